The van der Waals surface area contributed by atoms with Gasteiger partial charge in [0.2, 0.25) is 0 Å². The van der Waals surface area contributed by atoms with E-state index in [0.29, 0.717) is 17.1 Å². The normalized spacial score (nSPS) is 10.3. The van der Waals surface area contributed by atoms with Crippen molar-refractivity contribution in [2.75, 3.05) is 0 Å². The third-order valence-electron chi connectivity index (χ3n) is 2.15. The molecule has 1 N–H and O–H groups in total. The van der Waals surface area contributed by atoms with E-state index in [2.05, 4.69) is 15.9 Å². The zero-order valence-corrected chi connectivity index (χ0v) is 10.4. The Kier molecular flexibility index (Phi) is 3.76. The van der Waals surface area contributed by atoms with Crippen LogP contribution in [0.5, 0.6) is 11.5 Å². The van der Waals surface area contributed by atoms with E-state index in [1.165, 1.54) is 12.1 Å². The van der Waals surface area contributed by atoms with Gasteiger partial charge in [0.25, 0.3) is 0 Å². The third kappa shape index (κ3) is 3.28. The van der Waals surface area contributed by atoms with Gasteiger partial charge in [-0.25, -0.2) is 4.39 Å². The maximum atomic E-state index is 13.2. The Bertz CT molecular complexity index is 529. The molecule has 2 aromatic rings. The van der Waals surface area contributed by atoms with Gasteiger partial charge in [0.15, 0.2) is 0 Å². The fourth-order valence-electron chi connectivity index (χ4n) is 1.44. The summed E-state index contributed by atoms with van der Waals surface area (Å²) in [6.07, 6.45) is 0. The molecule has 0 bridgehead atoms. The first-order chi connectivity index (χ1) is 8.17. The van der Waals surface area contributed by atoms with E-state index in [-0.39, 0.29) is 6.61 Å². The molecule has 17 heavy (non-hydrogen) atoms. The zero-order valence-electron chi connectivity index (χ0n) is 8.86. The van der Waals surface area contributed by atoms with Crippen molar-refractivity contribution in [2.45, 2.75) is 6.61 Å². The number of ether oxygens (including phenoxy) is 1. The number of hydrogen-bond donors (Lipinski definition) is 1. The minimum atomic E-state index is -0.429. The Labute approximate surface area is 107 Å². The molecule has 0 spiro atoms. The van der Waals surface area contributed by atoms with Gasteiger partial charge in [-0.15, -0.1) is 0 Å². The van der Waals surface area contributed by atoms with Crippen LogP contribution in [0.3, 0.4) is 0 Å². The first-order valence-electron chi connectivity index (χ1n) is 5.01. The summed E-state index contributed by atoms with van der Waals surface area (Å²) in [5, 5.41) is 8.97. The Hall–Kier alpha value is -1.39. The summed E-state index contributed by atoms with van der Waals surface area (Å²) in [7, 11) is 0. The minimum Gasteiger partial charge on any atom is -0.457 e. The minimum absolute atomic E-state index is 0.216. The molecule has 2 aromatic carbocycles. The number of rotatable bonds is 3. The lowest BCUT2D eigenvalue weighted by Gasteiger charge is -2.07. The van der Waals surface area contributed by atoms with Crippen molar-refractivity contribution < 1.29 is 14.2 Å². The largest absolute Gasteiger partial charge is 0.457 e. The van der Waals surface area contributed by atoms with E-state index < -0.39 is 5.82 Å². The van der Waals surface area contributed by atoms with E-state index >= 15 is 0 Å². The Balaban J connectivity index is 2.26. The molecule has 0 amide bonds. The monoisotopic (exact) mass is 296 g/mol. The van der Waals surface area contributed by atoms with Gasteiger partial charge in [0, 0.05) is 10.5 Å². The van der Waals surface area contributed by atoms with Gasteiger partial charge in [-0.05, 0) is 35.9 Å². The van der Waals surface area contributed by atoms with Crippen LogP contribution >= 0.6 is 15.9 Å². The van der Waals surface area contributed by atoms with Crippen LogP contribution in [0.25, 0.3) is 0 Å². The second-order valence-corrected chi connectivity index (χ2v) is 4.43. The van der Waals surface area contributed by atoms with E-state index in [9.17, 15) is 4.39 Å². The van der Waals surface area contributed by atoms with Gasteiger partial charge in [-0.3, -0.25) is 0 Å². The number of aliphatic hydroxyl groups excluding tert-OH is 1. The van der Waals surface area contributed by atoms with Gasteiger partial charge in [-0.1, -0.05) is 22.0 Å². The predicted octanol–water partition coefficient (Wildman–Crippen LogP) is 3.87. The lowest BCUT2D eigenvalue weighted by atomic mass is 10.2. The van der Waals surface area contributed by atoms with Gasteiger partial charge < -0.3 is 9.84 Å². The van der Waals surface area contributed by atoms with Crippen LogP contribution in [0.1, 0.15) is 5.56 Å². The van der Waals surface area contributed by atoms with Crippen LogP contribution in [0.15, 0.2) is 46.9 Å². The average molecular weight is 297 g/mol. The molecule has 2 nitrogen and oxygen atoms in total. The highest BCUT2D eigenvalue weighted by atomic mass is 79.9. The molecule has 0 aromatic heterocycles. The molecule has 88 valence electrons. The maximum absolute atomic E-state index is 13.2. The first-order valence-corrected chi connectivity index (χ1v) is 5.80. The van der Waals surface area contributed by atoms with Crippen LogP contribution in [0.4, 0.5) is 4.39 Å². The molecule has 0 atom stereocenters. The fraction of sp³-hybridized carbons (Fsp3) is 0.0769. The van der Waals surface area contributed by atoms with Gasteiger partial charge >= 0.3 is 0 Å². The van der Waals surface area contributed by atoms with Crippen LogP contribution in [-0.4, -0.2) is 5.11 Å². The van der Waals surface area contributed by atoms with Crippen molar-refractivity contribution in [2.24, 2.45) is 0 Å². The Morgan fingerprint density at radius 1 is 1.12 bits per heavy atom. The lowest BCUT2D eigenvalue weighted by Crippen LogP contribution is -1.90. The summed E-state index contributed by atoms with van der Waals surface area (Å²) >= 11 is 3.32. The highest BCUT2D eigenvalue weighted by Crippen LogP contribution is 2.25. The SMILES string of the molecule is OCc1cc(F)cc(Oc2cccc(Br)c2)c1. The summed E-state index contributed by atoms with van der Waals surface area (Å²) in [4.78, 5) is 0. The highest BCUT2D eigenvalue weighted by molar-refractivity contribution is 9.10. The molecule has 0 heterocycles. The molecule has 0 radical (unpaired) electrons. The van der Waals surface area contributed by atoms with Gasteiger partial charge in [0.05, 0.1) is 6.61 Å². The Morgan fingerprint density at radius 3 is 2.65 bits per heavy atom. The maximum Gasteiger partial charge on any atom is 0.130 e. The van der Waals surface area contributed by atoms with E-state index in [4.69, 9.17) is 9.84 Å². The topological polar surface area (TPSA) is 29.5 Å². The molecule has 0 fully saturated rings. The summed E-state index contributed by atoms with van der Waals surface area (Å²) in [5.74, 6) is 0.544. The smallest absolute Gasteiger partial charge is 0.130 e. The van der Waals surface area contributed by atoms with Crippen molar-refractivity contribution in [3.63, 3.8) is 0 Å². The Morgan fingerprint density at radius 2 is 1.94 bits per heavy atom. The second kappa shape index (κ2) is 5.29. The quantitative estimate of drug-likeness (QED) is 0.931. The summed E-state index contributed by atoms with van der Waals surface area (Å²) in [6, 6.07) is 11.4. The van der Waals surface area contributed by atoms with Crippen LogP contribution in [0.2, 0.25) is 0 Å². The van der Waals surface area contributed by atoms with E-state index in [1.807, 2.05) is 12.1 Å². The van der Waals surface area contributed by atoms with Crippen LogP contribution in [0, 0.1) is 5.82 Å². The molecular weight excluding hydrogens is 287 g/mol. The van der Waals surface area contributed by atoms with Gasteiger partial charge in [0.1, 0.15) is 17.3 Å². The molecule has 0 saturated carbocycles. The molecule has 0 aliphatic carbocycles. The predicted molar refractivity (Wildman–Crippen MR) is 66.5 cm³/mol. The molecule has 2 rings (SSSR count). The number of benzene rings is 2. The van der Waals surface area contributed by atoms with E-state index in [1.54, 1.807) is 18.2 Å². The lowest BCUT2D eigenvalue weighted by molar-refractivity contribution is 0.280. The van der Waals surface area contributed by atoms with Gasteiger partial charge in [-0.2, -0.15) is 0 Å². The van der Waals surface area contributed by atoms with Crippen molar-refractivity contribution in [3.05, 3.63) is 58.3 Å². The second-order valence-electron chi connectivity index (χ2n) is 3.51. The number of halogens is 2. The van der Waals surface area contributed by atoms with Crippen LogP contribution in [-0.2, 0) is 6.61 Å². The molecular formula is C13H10BrFO2. The average Bonchev–Trinajstić information content (AvgIpc) is 2.28. The molecule has 0 aliphatic rings. The molecule has 0 saturated heterocycles. The molecule has 0 aliphatic heterocycles. The third-order valence-corrected chi connectivity index (χ3v) is 2.64. The standard InChI is InChI=1S/C13H10BrFO2/c14-10-2-1-3-12(6-10)17-13-5-9(8-16)4-11(15)7-13/h1-7,16H,8H2. The zero-order chi connectivity index (χ0) is 12.3. The molecule has 0 unspecified atom stereocenters. The summed E-state index contributed by atoms with van der Waals surface area (Å²) in [5.41, 5.74) is 0.481. The first kappa shape index (κ1) is 12.1. The highest BCUT2D eigenvalue weighted by Gasteiger charge is 2.03. The van der Waals surface area contributed by atoms with Crippen molar-refractivity contribution in [1.29, 1.82) is 0 Å². The van der Waals surface area contributed by atoms with Crippen molar-refractivity contribution in [3.8, 4) is 11.5 Å². The number of hydrogen-bond acceptors (Lipinski definition) is 2. The number of aliphatic hydroxyl groups is 1. The fourth-order valence-corrected chi connectivity index (χ4v) is 1.82. The molecule has 4 heteroatoms. The summed E-state index contributed by atoms with van der Waals surface area (Å²) in [6.45, 7) is -0.216. The summed E-state index contributed by atoms with van der Waals surface area (Å²) < 4.78 is 19.6. The van der Waals surface area contributed by atoms with E-state index in [0.717, 1.165) is 4.47 Å². The van der Waals surface area contributed by atoms with Crippen molar-refractivity contribution >= 4 is 15.9 Å². The van der Waals surface area contributed by atoms with Crippen molar-refractivity contribution in [1.82, 2.24) is 0 Å². The van der Waals surface area contributed by atoms with Crippen LogP contribution < -0.4 is 4.74 Å².